The molecule has 0 atom stereocenters. The topological polar surface area (TPSA) is 72.8 Å². The molecule has 2 aromatic heterocycles. The van der Waals surface area contributed by atoms with Crippen LogP contribution in [0.3, 0.4) is 0 Å². The van der Waals surface area contributed by atoms with Gasteiger partial charge >= 0.3 is 6.01 Å². The molecule has 2 aromatic rings. The van der Waals surface area contributed by atoms with Crippen molar-refractivity contribution in [1.29, 1.82) is 0 Å². The zero-order valence-corrected chi connectivity index (χ0v) is 11.5. The number of nitrogens with one attached hydrogen (secondary N) is 1. The summed E-state index contributed by atoms with van der Waals surface area (Å²) in [7, 11) is 0. The van der Waals surface area contributed by atoms with Crippen LogP contribution in [0.5, 0.6) is 6.01 Å². The maximum absolute atomic E-state index is 5.78. The van der Waals surface area contributed by atoms with Crippen LogP contribution in [0.4, 0.5) is 5.95 Å². The van der Waals surface area contributed by atoms with Crippen molar-refractivity contribution >= 4 is 28.9 Å². The highest BCUT2D eigenvalue weighted by Gasteiger charge is 2.06. The van der Waals surface area contributed by atoms with Crippen LogP contribution in [0.15, 0.2) is 5.38 Å². The summed E-state index contributed by atoms with van der Waals surface area (Å²) < 4.78 is 5.18. The first kappa shape index (κ1) is 13.0. The van der Waals surface area contributed by atoms with E-state index in [0.29, 0.717) is 19.1 Å². The number of hydrogen-bond acceptors (Lipinski definition) is 7. The third-order valence-electron chi connectivity index (χ3n) is 1.93. The lowest BCUT2D eigenvalue weighted by atomic mass is 10.6. The lowest BCUT2D eigenvalue weighted by molar-refractivity contribution is 0.312. The Morgan fingerprint density at radius 1 is 1.33 bits per heavy atom. The highest BCUT2D eigenvalue weighted by atomic mass is 35.5. The molecule has 0 unspecified atom stereocenters. The molecule has 1 N–H and O–H groups in total. The summed E-state index contributed by atoms with van der Waals surface area (Å²) in [5, 5.41) is 6.09. The number of ether oxygens (including phenoxy) is 1. The third-order valence-corrected chi connectivity index (χ3v) is 3.06. The molecule has 8 heteroatoms. The molecule has 0 aliphatic carbocycles. The Balaban J connectivity index is 2.04. The van der Waals surface area contributed by atoms with Crippen LogP contribution in [0, 0.1) is 6.92 Å². The highest BCUT2D eigenvalue weighted by molar-refractivity contribution is 7.09. The van der Waals surface area contributed by atoms with E-state index in [1.54, 1.807) is 11.3 Å². The van der Waals surface area contributed by atoms with Crippen molar-refractivity contribution in [2.24, 2.45) is 0 Å². The predicted octanol–water partition coefficient (Wildman–Crippen LogP) is 2.30. The summed E-state index contributed by atoms with van der Waals surface area (Å²) >= 11 is 7.35. The van der Waals surface area contributed by atoms with Crippen LogP contribution in [0.1, 0.15) is 17.6 Å². The molecule has 18 heavy (non-hydrogen) atoms. The summed E-state index contributed by atoms with van der Waals surface area (Å²) in [4.78, 5) is 16.2. The molecule has 2 rings (SSSR count). The molecule has 0 aromatic carbocycles. The van der Waals surface area contributed by atoms with Crippen molar-refractivity contribution < 1.29 is 4.74 Å². The number of rotatable bonds is 5. The van der Waals surface area contributed by atoms with Crippen LogP contribution in [0.2, 0.25) is 5.28 Å². The van der Waals surface area contributed by atoms with E-state index < -0.39 is 0 Å². The van der Waals surface area contributed by atoms with Crippen molar-refractivity contribution in [3.63, 3.8) is 0 Å². The van der Waals surface area contributed by atoms with Crippen molar-refractivity contribution in [2.45, 2.75) is 20.4 Å². The number of thiazole rings is 1. The molecule has 0 amide bonds. The molecule has 0 aliphatic heterocycles. The molecular weight excluding hydrogens is 274 g/mol. The van der Waals surface area contributed by atoms with E-state index in [4.69, 9.17) is 16.3 Å². The second-order valence-electron chi connectivity index (χ2n) is 3.38. The van der Waals surface area contributed by atoms with Gasteiger partial charge in [0.25, 0.3) is 0 Å². The van der Waals surface area contributed by atoms with Gasteiger partial charge in [0.15, 0.2) is 0 Å². The largest absolute Gasteiger partial charge is 0.464 e. The first-order valence-electron chi connectivity index (χ1n) is 5.36. The van der Waals surface area contributed by atoms with Crippen LogP contribution >= 0.6 is 22.9 Å². The number of halogens is 1. The normalized spacial score (nSPS) is 10.4. The van der Waals surface area contributed by atoms with Gasteiger partial charge in [-0.15, -0.1) is 11.3 Å². The fourth-order valence-electron chi connectivity index (χ4n) is 1.24. The number of nitrogens with zero attached hydrogens (tertiary/aromatic N) is 4. The zero-order chi connectivity index (χ0) is 13.0. The van der Waals surface area contributed by atoms with E-state index >= 15 is 0 Å². The van der Waals surface area contributed by atoms with Gasteiger partial charge in [0, 0.05) is 11.1 Å². The Bertz CT molecular complexity index is 533. The minimum atomic E-state index is 0.103. The number of aromatic nitrogens is 4. The lowest BCUT2D eigenvalue weighted by Gasteiger charge is -2.05. The maximum Gasteiger partial charge on any atom is 0.322 e. The molecule has 96 valence electrons. The molecule has 6 nitrogen and oxygen atoms in total. The van der Waals surface area contributed by atoms with E-state index in [1.165, 1.54) is 0 Å². The number of anilines is 1. The first-order chi connectivity index (χ1) is 8.67. The van der Waals surface area contributed by atoms with Gasteiger partial charge in [-0.25, -0.2) is 4.98 Å². The van der Waals surface area contributed by atoms with Gasteiger partial charge < -0.3 is 10.1 Å². The van der Waals surface area contributed by atoms with Gasteiger partial charge in [-0.2, -0.15) is 15.0 Å². The average molecular weight is 286 g/mol. The summed E-state index contributed by atoms with van der Waals surface area (Å²) in [6.07, 6.45) is 0. The predicted molar refractivity (Wildman–Crippen MR) is 70.2 cm³/mol. The third kappa shape index (κ3) is 3.51. The Labute approximate surface area is 113 Å². The van der Waals surface area contributed by atoms with Crippen LogP contribution in [0.25, 0.3) is 0 Å². The van der Waals surface area contributed by atoms with E-state index in [-0.39, 0.29) is 11.3 Å². The average Bonchev–Trinajstić information content (AvgIpc) is 2.72. The molecule has 0 aliphatic rings. The van der Waals surface area contributed by atoms with E-state index in [0.717, 1.165) is 10.7 Å². The monoisotopic (exact) mass is 285 g/mol. The van der Waals surface area contributed by atoms with Gasteiger partial charge in [0.2, 0.25) is 11.2 Å². The highest BCUT2D eigenvalue weighted by Crippen LogP contribution is 2.14. The van der Waals surface area contributed by atoms with Crippen LogP contribution in [-0.4, -0.2) is 26.5 Å². The molecule has 2 heterocycles. The van der Waals surface area contributed by atoms with E-state index in [1.807, 2.05) is 19.2 Å². The maximum atomic E-state index is 5.78. The molecular formula is C10H12ClN5OS. The Morgan fingerprint density at radius 3 is 2.83 bits per heavy atom. The number of aryl methyl sites for hydroxylation is 1. The van der Waals surface area contributed by atoms with Gasteiger partial charge in [-0.1, -0.05) is 0 Å². The molecule has 0 saturated heterocycles. The quantitative estimate of drug-likeness (QED) is 0.909. The first-order valence-corrected chi connectivity index (χ1v) is 6.62. The van der Waals surface area contributed by atoms with E-state index in [9.17, 15) is 0 Å². The summed E-state index contributed by atoms with van der Waals surface area (Å²) in [6.45, 7) is 4.83. The van der Waals surface area contributed by atoms with Gasteiger partial charge in [-0.05, 0) is 25.4 Å². The smallest absolute Gasteiger partial charge is 0.322 e. The van der Waals surface area contributed by atoms with Crippen molar-refractivity contribution in [2.75, 3.05) is 11.9 Å². The molecule has 0 bridgehead atoms. The van der Waals surface area contributed by atoms with Gasteiger partial charge in [-0.3, -0.25) is 0 Å². The summed E-state index contributed by atoms with van der Waals surface area (Å²) in [6, 6.07) is 0.218. The molecule has 0 fully saturated rings. The molecule has 0 spiro atoms. The van der Waals surface area contributed by atoms with E-state index in [2.05, 4.69) is 25.3 Å². The minimum Gasteiger partial charge on any atom is -0.464 e. The Hall–Kier alpha value is -1.47. The second-order valence-corrected chi connectivity index (χ2v) is 4.66. The molecule has 0 radical (unpaired) electrons. The van der Waals surface area contributed by atoms with Gasteiger partial charge in [0.05, 0.1) is 13.2 Å². The Morgan fingerprint density at radius 2 is 2.17 bits per heavy atom. The minimum absolute atomic E-state index is 0.103. The van der Waals surface area contributed by atoms with Crippen molar-refractivity contribution in [3.05, 3.63) is 21.4 Å². The molecule has 0 saturated carbocycles. The van der Waals surface area contributed by atoms with Crippen LogP contribution < -0.4 is 10.1 Å². The lowest BCUT2D eigenvalue weighted by Crippen LogP contribution is -2.07. The fourth-order valence-corrected chi connectivity index (χ4v) is 2.11. The Kier molecular flexibility index (Phi) is 4.27. The SMILES string of the molecule is CCOc1nc(Cl)nc(NCc2nc(C)cs2)n1. The fraction of sp³-hybridized carbons (Fsp3) is 0.400. The van der Waals surface area contributed by atoms with Crippen molar-refractivity contribution in [1.82, 2.24) is 19.9 Å². The van der Waals surface area contributed by atoms with Crippen LogP contribution in [-0.2, 0) is 6.54 Å². The number of hydrogen-bond donors (Lipinski definition) is 1. The summed E-state index contributed by atoms with van der Waals surface area (Å²) in [5.74, 6) is 0.381. The van der Waals surface area contributed by atoms with Crippen molar-refractivity contribution in [3.8, 4) is 6.01 Å². The second kappa shape index (κ2) is 5.92. The standard InChI is InChI=1S/C10H12ClN5OS/c1-3-17-10-15-8(11)14-9(16-10)12-4-7-13-6(2)5-18-7/h5H,3-4H2,1-2H3,(H,12,14,15,16). The zero-order valence-electron chi connectivity index (χ0n) is 9.97. The van der Waals surface area contributed by atoms with Gasteiger partial charge in [0.1, 0.15) is 5.01 Å². The summed E-state index contributed by atoms with van der Waals surface area (Å²) in [5.41, 5.74) is 1.00.